The summed E-state index contributed by atoms with van der Waals surface area (Å²) in [5.41, 5.74) is 0.289. The van der Waals surface area contributed by atoms with E-state index in [1.54, 1.807) is 25.4 Å². The summed E-state index contributed by atoms with van der Waals surface area (Å²) in [7, 11) is 0. The van der Waals surface area contributed by atoms with E-state index < -0.39 is 17.7 Å². The van der Waals surface area contributed by atoms with Crippen LogP contribution < -0.4 is 4.74 Å². The Bertz CT molecular complexity index is 807. The Morgan fingerprint density at radius 1 is 1.35 bits per heavy atom. The SMILES string of the molecule is CC/C(C)=N\c1c(C)c(-c2nccs2)cc(C(C)(C)O)c1OC(F)(F)F. The number of benzene rings is 1. The minimum absolute atomic E-state index is 0.00766. The second-order valence-corrected chi connectivity index (χ2v) is 7.31. The van der Waals surface area contributed by atoms with Gasteiger partial charge < -0.3 is 9.84 Å². The Morgan fingerprint density at radius 2 is 2.00 bits per heavy atom. The van der Waals surface area contributed by atoms with E-state index in [1.807, 2.05) is 6.92 Å². The molecule has 1 heterocycles. The van der Waals surface area contributed by atoms with Crippen LogP contribution in [-0.2, 0) is 5.60 Å². The van der Waals surface area contributed by atoms with Gasteiger partial charge in [-0.3, -0.25) is 4.99 Å². The van der Waals surface area contributed by atoms with Crippen molar-refractivity contribution in [3.8, 4) is 16.3 Å². The van der Waals surface area contributed by atoms with Crippen LogP contribution in [-0.4, -0.2) is 22.2 Å². The van der Waals surface area contributed by atoms with Crippen LogP contribution in [0, 0.1) is 6.92 Å². The van der Waals surface area contributed by atoms with Gasteiger partial charge in [-0.25, -0.2) is 4.98 Å². The predicted molar refractivity (Wildman–Crippen MR) is 97.3 cm³/mol. The molecule has 142 valence electrons. The summed E-state index contributed by atoms with van der Waals surface area (Å²) in [4.78, 5) is 8.60. The maximum Gasteiger partial charge on any atom is 0.573 e. The molecule has 8 heteroatoms. The molecule has 0 fully saturated rings. The highest BCUT2D eigenvalue weighted by Crippen LogP contribution is 2.47. The molecule has 2 rings (SSSR count). The van der Waals surface area contributed by atoms with Crippen molar-refractivity contribution in [2.75, 3.05) is 0 Å². The highest BCUT2D eigenvalue weighted by atomic mass is 32.1. The molecule has 0 aliphatic rings. The number of aliphatic imine (C=N–C) groups is 1. The van der Waals surface area contributed by atoms with Crippen LogP contribution in [0.15, 0.2) is 22.6 Å². The Labute approximate surface area is 154 Å². The zero-order valence-electron chi connectivity index (χ0n) is 15.2. The zero-order chi connectivity index (χ0) is 19.7. The van der Waals surface area contributed by atoms with Gasteiger partial charge in [0.05, 0.1) is 5.60 Å². The fourth-order valence-corrected chi connectivity index (χ4v) is 3.11. The lowest BCUT2D eigenvalue weighted by Crippen LogP contribution is -2.23. The third-order valence-electron chi connectivity index (χ3n) is 3.86. The molecule has 1 N–H and O–H groups in total. The average molecular weight is 386 g/mol. The van der Waals surface area contributed by atoms with Crippen LogP contribution >= 0.6 is 11.3 Å². The molecule has 0 atom stereocenters. The van der Waals surface area contributed by atoms with Crippen molar-refractivity contribution in [2.45, 2.75) is 53.0 Å². The minimum atomic E-state index is -4.90. The number of hydrogen-bond acceptors (Lipinski definition) is 5. The fraction of sp³-hybridized carbons (Fsp3) is 0.444. The summed E-state index contributed by atoms with van der Waals surface area (Å²) in [6.45, 7) is 8.09. The summed E-state index contributed by atoms with van der Waals surface area (Å²) in [5.74, 6) is -0.476. The Hall–Kier alpha value is -1.93. The lowest BCUT2D eigenvalue weighted by Gasteiger charge is -2.26. The minimum Gasteiger partial charge on any atom is -0.403 e. The molecule has 0 amide bonds. The topological polar surface area (TPSA) is 54.7 Å². The van der Waals surface area contributed by atoms with E-state index in [0.717, 1.165) is 0 Å². The molecule has 0 aliphatic carbocycles. The van der Waals surface area contributed by atoms with Crippen LogP contribution in [0.4, 0.5) is 18.9 Å². The van der Waals surface area contributed by atoms with Crippen molar-refractivity contribution >= 4 is 22.7 Å². The Morgan fingerprint density at radius 3 is 2.46 bits per heavy atom. The number of ether oxygens (including phenoxy) is 1. The first-order valence-electron chi connectivity index (χ1n) is 8.04. The van der Waals surface area contributed by atoms with E-state index in [1.165, 1.54) is 31.3 Å². The van der Waals surface area contributed by atoms with Crippen molar-refractivity contribution in [2.24, 2.45) is 4.99 Å². The number of aromatic nitrogens is 1. The summed E-state index contributed by atoms with van der Waals surface area (Å²) >= 11 is 1.36. The maximum absolute atomic E-state index is 13.1. The number of aliphatic hydroxyl groups is 1. The number of nitrogens with zero attached hydrogens (tertiary/aromatic N) is 2. The first-order valence-corrected chi connectivity index (χ1v) is 8.92. The second-order valence-electron chi connectivity index (χ2n) is 6.42. The monoisotopic (exact) mass is 386 g/mol. The van der Waals surface area contributed by atoms with Crippen molar-refractivity contribution in [3.05, 3.63) is 28.8 Å². The number of halogens is 3. The first kappa shape index (κ1) is 20.4. The average Bonchev–Trinajstić information content (AvgIpc) is 3.02. The largest absolute Gasteiger partial charge is 0.573 e. The molecule has 4 nitrogen and oxygen atoms in total. The van der Waals surface area contributed by atoms with Gasteiger partial charge in [-0.1, -0.05) is 6.92 Å². The summed E-state index contributed by atoms with van der Waals surface area (Å²) in [6.07, 6.45) is -2.71. The molecule has 0 bridgehead atoms. The van der Waals surface area contributed by atoms with Gasteiger partial charge in [0.15, 0.2) is 5.75 Å². The molecule has 0 unspecified atom stereocenters. The third-order valence-corrected chi connectivity index (χ3v) is 4.67. The lowest BCUT2D eigenvalue weighted by molar-refractivity contribution is -0.275. The van der Waals surface area contributed by atoms with Gasteiger partial charge in [0.2, 0.25) is 0 Å². The third kappa shape index (κ3) is 4.62. The molecule has 26 heavy (non-hydrogen) atoms. The van der Waals surface area contributed by atoms with Gasteiger partial charge in [0.25, 0.3) is 0 Å². The second kappa shape index (κ2) is 7.36. The number of hydrogen-bond donors (Lipinski definition) is 1. The van der Waals surface area contributed by atoms with Crippen LogP contribution in [0.1, 0.15) is 45.2 Å². The molecule has 1 aromatic heterocycles. The van der Waals surface area contributed by atoms with E-state index in [0.29, 0.717) is 28.3 Å². The van der Waals surface area contributed by atoms with Gasteiger partial charge in [-0.15, -0.1) is 24.5 Å². The van der Waals surface area contributed by atoms with E-state index in [4.69, 9.17) is 0 Å². The highest BCUT2D eigenvalue weighted by molar-refractivity contribution is 7.13. The normalized spacial score (nSPS) is 13.2. The molecule has 0 radical (unpaired) electrons. The summed E-state index contributed by atoms with van der Waals surface area (Å²) in [6, 6.07) is 1.50. The molecule has 0 saturated carbocycles. The van der Waals surface area contributed by atoms with Gasteiger partial charge in [-0.05, 0) is 45.7 Å². The van der Waals surface area contributed by atoms with Gasteiger partial charge >= 0.3 is 6.36 Å². The standard InChI is InChI=1S/C18H21F3N2O2S/c1-6-10(2)23-14-11(3)12(16-22-7-8-26-16)9-13(17(4,5)24)15(14)25-18(19,20)21/h7-9,24H,6H2,1-5H3/b23-10-. The lowest BCUT2D eigenvalue weighted by atomic mass is 9.91. The van der Waals surface area contributed by atoms with Gasteiger partial charge in [-0.2, -0.15) is 0 Å². The first-order chi connectivity index (χ1) is 11.9. The van der Waals surface area contributed by atoms with Crippen molar-refractivity contribution in [3.63, 3.8) is 0 Å². The van der Waals surface area contributed by atoms with Gasteiger partial charge in [0, 0.05) is 28.4 Å². The number of rotatable bonds is 5. The van der Waals surface area contributed by atoms with E-state index in [2.05, 4.69) is 14.7 Å². The van der Waals surface area contributed by atoms with Crippen LogP contribution in [0.5, 0.6) is 5.75 Å². The van der Waals surface area contributed by atoms with E-state index in [-0.39, 0.29) is 11.3 Å². The smallest absolute Gasteiger partial charge is 0.403 e. The van der Waals surface area contributed by atoms with Crippen molar-refractivity contribution in [1.29, 1.82) is 0 Å². The number of alkyl halides is 3. The quantitative estimate of drug-likeness (QED) is 0.666. The number of thiazole rings is 1. The Balaban J connectivity index is 2.89. The molecule has 0 saturated heterocycles. The molecule has 0 aliphatic heterocycles. The van der Waals surface area contributed by atoms with Gasteiger partial charge in [0.1, 0.15) is 10.7 Å². The zero-order valence-corrected chi connectivity index (χ0v) is 16.0. The highest BCUT2D eigenvalue weighted by Gasteiger charge is 2.37. The molecule has 0 spiro atoms. The van der Waals surface area contributed by atoms with Crippen molar-refractivity contribution in [1.82, 2.24) is 4.98 Å². The molecular weight excluding hydrogens is 365 g/mol. The maximum atomic E-state index is 13.1. The predicted octanol–water partition coefficient (Wildman–Crippen LogP) is 5.75. The molecule has 2 aromatic rings. The van der Waals surface area contributed by atoms with Crippen LogP contribution in [0.25, 0.3) is 10.6 Å². The molecular formula is C18H21F3N2O2S. The fourth-order valence-electron chi connectivity index (χ4n) is 2.40. The van der Waals surface area contributed by atoms with E-state index >= 15 is 0 Å². The van der Waals surface area contributed by atoms with E-state index in [9.17, 15) is 18.3 Å². The Kier molecular flexibility index (Phi) is 5.77. The van der Waals surface area contributed by atoms with Crippen LogP contribution in [0.3, 0.4) is 0 Å². The van der Waals surface area contributed by atoms with Crippen molar-refractivity contribution < 1.29 is 23.0 Å². The molecule has 1 aromatic carbocycles. The summed E-state index contributed by atoms with van der Waals surface area (Å²) in [5, 5.41) is 12.9. The summed E-state index contributed by atoms with van der Waals surface area (Å²) < 4.78 is 43.5. The van der Waals surface area contributed by atoms with Crippen LogP contribution in [0.2, 0.25) is 0 Å².